The Morgan fingerprint density at radius 3 is 2.34 bits per heavy atom. The van der Waals surface area contributed by atoms with Gasteiger partial charge in [0, 0.05) is 48.5 Å². The van der Waals surface area contributed by atoms with Gasteiger partial charge in [-0.3, -0.25) is 9.69 Å². The molecule has 1 atom stereocenters. The van der Waals surface area contributed by atoms with E-state index in [1.807, 2.05) is 0 Å². The first-order valence-corrected chi connectivity index (χ1v) is 10.6. The van der Waals surface area contributed by atoms with Crippen molar-refractivity contribution in [2.45, 2.75) is 26.1 Å². The van der Waals surface area contributed by atoms with Gasteiger partial charge < -0.3 is 15.3 Å². The van der Waals surface area contributed by atoms with E-state index in [2.05, 4.69) is 5.32 Å². The molecular formula is C25H21F4N3O3. The first-order chi connectivity index (χ1) is 16.6. The van der Waals surface area contributed by atoms with Crippen LogP contribution in [0.3, 0.4) is 0 Å². The van der Waals surface area contributed by atoms with Crippen LogP contribution in [-0.2, 0) is 13.1 Å². The lowest BCUT2D eigenvalue weighted by Gasteiger charge is -2.39. The summed E-state index contributed by atoms with van der Waals surface area (Å²) in [5, 5.41) is 11.9. The molecule has 2 N–H and O–H groups in total. The fraction of sp³-hybridized carbons (Fsp3) is 0.200. The van der Waals surface area contributed by atoms with E-state index in [9.17, 15) is 32.3 Å². The topological polar surface area (TPSA) is 72.9 Å². The zero-order valence-corrected chi connectivity index (χ0v) is 18.8. The van der Waals surface area contributed by atoms with E-state index in [0.29, 0.717) is 23.4 Å². The van der Waals surface area contributed by atoms with Gasteiger partial charge in [-0.25, -0.2) is 22.4 Å². The number of nitrogens with zero attached hydrogens (tertiary/aromatic N) is 2. The maximum atomic E-state index is 14.4. The molecule has 1 aliphatic rings. The molecule has 6 nitrogen and oxygen atoms in total. The summed E-state index contributed by atoms with van der Waals surface area (Å²) in [5.41, 5.74) is 0.848. The molecule has 10 heteroatoms. The maximum Gasteiger partial charge on any atom is 0.325 e. The lowest BCUT2D eigenvalue weighted by atomic mass is 9.98. The molecular weight excluding hydrogens is 466 g/mol. The summed E-state index contributed by atoms with van der Waals surface area (Å²) >= 11 is 0. The van der Waals surface area contributed by atoms with E-state index < -0.39 is 47.3 Å². The molecule has 35 heavy (non-hydrogen) atoms. The Hall–Kier alpha value is -4.08. The number of aromatic hydroxyl groups is 1. The van der Waals surface area contributed by atoms with Crippen LogP contribution < -0.4 is 10.2 Å². The highest BCUT2D eigenvalue weighted by atomic mass is 19.1. The van der Waals surface area contributed by atoms with Gasteiger partial charge in [0.15, 0.2) is 0 Å². The predicted molar refractivity (Wildman–Crippen MR) is 120 cm³/mol. The molecule has 0 radical (unpaired) electrons. The lowest BCUT2D eigenvalue weighted by molar-refractivity contribution is 0.0950. The molecule has 4 rings (SSSR count). The molecule has 0 fully saturated rings. The minimum atomic E-state index is -1.13. The van der Waals surface area contributed by atoms with Crippen LogP contribution >= 0.6 is 0 Å². The molecule has 3 aromatic rings. The van der Waals surface area contributed by atoms with Crippen LogP contribution in [0.15, 0.2) is 48.5 Å². The van der Waals surface area contributed by atoms with E-state index in [1.165, 1.54) is 34.1 Å². The molecule has 0 aliphatic carbocycles. The summed E-state index contributed by atoms with van der Waals surface area (Å²) < 4.78 is 55.3. The Morgan fingerprint density at radius 2 is 1.69 bits per heavy atom. The van der Waals surface area contributed by atoms with Gasteiger partial charge in [-0.15, -0.1) is 0 Å². The van der Waals surface area contributed by atoms with Crippen molar-refractivity contribution in [2.75, 3.05) is 11.9 Å². The SMILES string of the molecule is CC1c2ccc(C(=O)NCc3c(F)cc(F)cc3F)cc2N(Cc2ccc(O)cc2F)C(=O)N1C. The van der Waals surface area contributed by atoms with Crippen LogP contribution in [0.1, 0.15) is 40.0 Å². The van der Waals surface area contributed by atoms with E-state index >= 15 is 0 Å². The minimum absolute atomic E-state index is 0.104. The zero-order valence-electron chi connectivity index (χ0n) is 18.8. The third-order valence-corrected chi connectivity index (χ3v) is 6.04. The smallest absolute Gasteiger partial charge is 0.325 e. The number of benzene rings is 3. The van der Waals surface area contributed by atoms with Crippen LogP contribution in [-0.4, -0.2) is 29.0 Å². The number of hydrogen-bond donors (Lipinski definition) is 2. The van der Waals surface area contributed by atoms with E-state index in [0.717, 1.165) is 6.07 Å². The van der Waals surface area contributed by atoms with Crippen molar-refractivity contribution in [3.8, 4) is 5.75 Å². The highest BCUT2D eigenvalue weighted by molar-refractivity contribution is 5.99. The number of amides is 3. The lowest BCUT2D eigenvalue weighted by Crippen LogP contribution is -2.46. The third-order valence-electron chi connectivity index (χ3n) is 6.04. The van der Waals surface area contributed by atoms with E-state index in [-0.39, 0.29) is 29.5 Å². The average molecular weight is 487 g/mol. The summed E-state index contributed by atoms with van der Waals surface area (Å²) in [7, 11) is 1.60. The predicted octanol–water partition coefficient (Wildman–Crippen LogP) is 5.01. The van der Waals surface area contributed by atoms with Crippen molar-refractivity contribution in [3.63, 3.8) is 0 Å². The number of rotatable bonds is 5. The molecule has 0 saturated carbocycles. The molecule has 1 unspecified atom stereocenters. The number of anilines is 1. The monoisotopic (exact) mass is 487 g/mol. The Kier molecular flexibility index (Phi) is 6.38. The van der Waals surface area contributed by atoms with Crippen LogP contribution in [0.5, 0.6) is 5.75 Å². The van der Waals surface area contributed by atoms with Gasteiger partial charge in [0.2, 0.25) is 0 Å². The van der Waals surface area contributed by atoms with E-state index in [4.69, 9.17) is 0 Å². The number of halogens is 4. The Bertz CT molecular complexity index is 1310. The molecule has 1 heterocycles. The van der Waals surface area contributed by atoms with Crippen LogP contribution in [0.25, 0.3) is 0 Å². The first-order valence-electron chi connectivity index (χ1n) is 10.6. The van der Waals surface area contributed by atoms with Crippen LogP contribution in [0.4, 0.5) is 28.0 Å². The number of urea groups is 1. The fourth-order valence-corrected chi connectivity index (χ4v) is 3.94. The molecule has 3 aromatic carbocycles. The third kappa shape index (κ3) is 4.64. The standard InChI is InChI=1S/C25H21F4N3O3/c1-13-18-6-4-14(24(34)30-11-19-21(28)8-16(26)9-22(19)29)7-23(18)32(25(35)31(13)2)12-15-3-5-17(33)10-20(15)27/h3-10,13,33H,11-12H2,1-2H3,(H,30,34). The molecule has 182 valence electrons. The molecule has 1 aliphatic heterocycles. The summed E-state index contributed by atoms with van der Waals surface area (Å²) in [6.07, 6.45) is 0. The molecule has 0 saturated heterocycles. The summed E-state index contributed by atoms with van der Waals surface area (Å²) in [5.74, 6) is -4.95. The van der Waals surface area contributed by atoms with Gasteiger partial charge in [0.05, 0.1) is 18.3 Å². The number of carbonyl (C=O) groups is 2. The van der Waals surface area contributed by atoms with Crippen LogP contribution in [0.2, 0.25) is 0 Å². The highest BCUT2D eigenvalue weighted by Gasteiger charge is 2.34. The average Bonchev–Trinajstić information content (AvgIpc) is 2.80. The second-order valence-electron chi connectivity index (χ2n) is 8.24. The second kappa shape index (κ2) is 9.28. The summed E-state index contributed by atoms with van der Waals surface area (Å²) in [6, 6.07) is 8.48. The van der Waals surface area contributed by atoms with Crippen molar-refractivity contribution in [1.29, 1.82) is 0 Å². The quantitative estimate of drug-likeness (QED) is 0.497. The molecule has 3 amide bonds. The van der Waals surface area contributed by atoms with Crippen molar-refractivity contribution in [3.05, 3.63) is 94.1 Å². The second-order valence-corrected chi connectivity index (χ2v) is 8.24. The van der Waals surface area contributed by atoms with Gasteiger partial charge in [0.1, 0.15) is 29.0 Å². The Morgan fingerprint density at radius 1 is 1.00 bits per heavy atom. The molecule has 0 bridgehead atoms. The van der Waals surface area contributed by atoms with E-state index in [1.54, 1.807) is 20.0 Å². The number of carbonyl (C=O) groups excluding carboxylic acids is 2. The van der Waals surface area contributed by atoms with Gasteiger partial charge in [0.25, 0.3) is 5.91 Å². The van der Waals surface area contributed by atoms with Gasteiger partial charge >= 0.3 is 6.03 Å². The molecule has 0 spiro atoms. The normalized spacial score (nSPS) is 15.3. The Labute approximate surface area is 198 Å². The van der Waals surface area contributed by atoms with Crippen molar-refractivity contribution in [2.24, 2.45) is 0 Å². The number of hydrogen-bond acceptors (Lipinski definition) is 3. The van der Waals surface area contributed by atoms with Gasteiger partial charge in [-0.1, -0.05) is 12.1 Å². The number of phenolic OH excluding ortho intramolecular Hbond substituents is 1. The van der Waals surface area contributed by atoms with Gasteiger partial charge in [-0.2, -0.15) is 0 Å². The van der Waals surface area contributed by atoms with Gasteiger partial charge in [-0.05, 0) is 30.7 Å². The summed E-state index contributed by atoms with van der Waals surface area (Å²) in [6.45, 7) is 1.12. The minimum Gasteiger partial charge on any atom is -0.508 e. The molecule has 0 aromatic heterocycles. The van der Waals surface area contributed by atoms with Crippen molar-refractivity contribution < 1.29 is 32.3 Å². The fourth-order valence-electron chi connectivity index (χ4n) is 3.94. The van der Waals surface area contributed by atoms with Crippen LogP contribution in [0, 0.1) is 23.3 Å². The number of nitrogens with one attached hydrogen (secondary N) is 1. The zero-order chi connectivity index (χ0) is 25.4. The summed E-state index contributed by atoms with van der Waals surface area (Å²) in [4.78, 5) is 28.6. The van der Waals surface area contributed by atoms with Crippen molar-refractivity contribution in [1.82, 2.24) is 10.2 Å². The maximum absolute atomic E-state index is 14.4. The highest BCUT2D eigenvalue weighted by Crippen LogP contribution is 2.37. The number of phenols is 1. The Balaban J connectivity index is 1.63. The number of fused-ring (bicyclic) bond motifs is 1. The largest absolute Gasteiger partial charge is 0.508 e. The van der Waals surface area contributed by atoms with Crippen molar-refractivity contribution >= 4 is 17.6 Å². The first kappa shape index (κ1) is 24.1.